The molecule has 5 nitrogen and oxygen atoms in total. The summed E-state index contributed by atoms with van der Waals surface area (Å²) in [5, 5.41) is 12.9. The summed E-state index contributed by atoms with van der Waals surface area (Å²) in [4.78, 5) is 0. The van der Waals surface area contributed by atoms with Gasteiger partial charge in [-0.25, -0.2) is 13.1 Å². The van der Waals surface area contributed by atoms with Gasteiger partial charge in [0.2, 0.25) is 0 Å². The largest absolute Gasteiger partial charge is 0.280 e. The fraction of sp³-hybridized carbons (Fsp3) is 0.167. The molecule has 2 aromatic rings. The van der Waals surface area contributed by atoms with Crippen LogP contribution in [0, 0.1) is 25.2 Å². The van der Waals surface area contributed by atoms with Gasteiger partial charge in [-0.15, -0.1) is 0 Å². The van der Waals surface area contributed by atoms with Crippen molar-refractivity contribution in [2.24, 2.45) is 0 Å². The van der Waals surface area contributed by atoms with Gasteiger partial charge >= 0.3 is 0 Å². The normalized spacial score (nSPS) is 11.3. The van der Waals surface area contributed by atoms with Gasteiger partial charge in [0.1, 0.15) is 11.6 Å². The lowest BCUT2D eigenvalue weighted by Gasteiger charge is -2.09. The fourth-order valence-corrected chi connectivity index (χ4v) is 3.57. The molecule has 0 aliphatic heterocycles. The minimum Gasteiger partial charge on any atom is -0.219 e. The molecule has 0 spiro atoms. The highest BCUT2D eigenvalue weighted by Gasteiger charge is 2.27. The smallest absolute Gasteiger partial charge is 0.219 e. The first-order valence-corrected chi connectivity index (χ1v) is 8.57. The Kier molecular flexibility index (Phi) is 3.91. The molecule has 0 aliphatic carbocycles. The second kappa shape index (κ2) is 5.20. The van der Waals surface area contributed by atoms with Crippen LogP contribution in [0.15, 0.2) is 27.7 Å². The molecule has 2 rings (SSSR count). The van der Waals surface area contributed by atoms with E-state index in [-0.39, 0.29) is 10.6 Å². The van der Waals surface area contributed by atoms with Crippen LogP contribution in [0.3, 0.4) is 0 Å². The summed E-state index contributed by atoms with van der Waals surface area (Å²) < 4.78 is 25.5. The number of rotatable bonds is 2. The predicted molar refractivity (Wildman–Crippen MR) is 78.5 cm³/mol. The molecular formula is C12H9BrClN3O2S. The average molecular weight is 375 g/mol. The Hall–Kier alpha value is -1.36. The Labute approximate surface area is 129 Å². The van der Waals surface area contributed by atoms with Crippen LogP contribution in [0.5, 0.6) is 0 Å². The standard InChI is InChI=1S/C12H9BrClN3O2S/c1-7-5-9(13)3-4-11(7)17-12(20(14,18)19)10(6-15)8(2)16-17/h3-5H,1-2H3. The van der Waals surface area contributed by atoms with Gasteiger partial charge in [0.05, 0.1) is 11.4 Å². The Balaban J connectivity index is 2.86. The van der Waals surface area contributed by atoms with Crippen LogP contribution in [0.1, 0.15) is 16.8 Å². The molecule has 0 amide bonds. The van der Waals surface area contributed by atoms with E-state index in [1.165, 1.54) is 4.68 Å². The van der Waals surface area contributed by atoms with E-state index in [2.05, 4.69) is 21.0 Å². The van der Waals surface area contributed by atoms with E-state index < -0.39 is 9.05 Å². The van der Waals surface area contributed by atoms with E-state index in [0.717, 1.165) is 10.0 Å². The van der Waals surface area contributed by atoms with Gasteiger partial charge in [0.25, 0.3) is 9.05 Å². The van der Waals surface area contributed by atoms with Crippen molar-refractivity contribution in [3.8, 4) is 11.8 Å². The Morgan fingerprint density at radius 1 is 1.40 bits per heavy atom. The number of aromatic nitrogens is 2. The van der Waals surface area contributed by atoms with Gasteiger partial charge in [-0.2, -0.15) is 10.4 Å². The van der Waals surface area contributed by atoms with Crippen molar-refractivity contribution in [1.82, 2.24) is 9.78 Å². The fourth-order valence-electron chi connectivity index (χ4n) is 1.88. The van der Waals surface area contributed by atoms with Crippen LogP contribution in [0.2, 0.25) is 0 Å². The maximum absolute atomic E-state index is 11.7. The Morgan fingerprint density at radius 3 is 2.55 bits per heavy atom. The van der Waals surface area contributed by atoms with Crippen LogP contribution < -0.4 is 0 Å². The number of nitriles is 1. The minimum absolute atomic E-state index is 0.0395. The zero-order valence-electron chi connectivity index (χ0n) is 10.6. The van der Waals surface area contributed by atoms with Crippen LogP contribution >= 0.6 is 26.6 Å². The van der Waals surface area contributed by atoms with Crippen molar-refractivity contribution < 1.29 is 8.42 Å². The summed E-state index contributed by atoms with van der Waals surface area (Å²) >= 11 is 3.33. The first-order chi connectivity index (χ1) is 9.25. The molecule has 0 aliphatic rings. The van der Waals surface area contributed by atoms with E-state index in [1.54, 1.807) is 19.1 Å². The molecule has 20 heavy (non-hydrogen) atoms. The molecule has 0 fully saturated rings. The average Bonchev–Trinajstić information content (AvgIpc) is 2.65. The summed E-state index contributed by atoms with van der Waals surface area (Å²) in [5.74, 6) is 0. The molecule has 1 aromatic carbocycles. The van der Waals surface area contributed by atoms with Crippen molar-refractivity contribution in [3.05, 3.63) is 39.5 Å². The summed E-state index contributed by atoms with van der Waals surface area (Å²) in [5.41, 5.74) is 1.63. The molecule has 1 heterocycles. The summed E-state index contributed by atoms with van der Waals surface area (Å²) in [6.45, 7) is 3.38. The quantitative estimate of drug-likeness (QED) is 0.757. The number of aryl methyl sites for hydroxylation is 2. The number of hydrogen-bond donors (Lipinski definition) is 0. The highest BCUT2D eigenvalue weighted by atomic mass is 79.9. The van der Waals surface area contributed by atoms with Crippen molar-refractivity contribution in [2.75, 3.05) is 0 Å². The predicted octanol–water partition coefficient (Wildman–Crippen LogP) is 3.05. The molecular weight excluding hydrogens is 366 g/mol. The Bertz CT molecular complexity index is 837. The summed E-state index contributed by atoms with van der Waals surface area (Å²) in [6.07, 6.45) is 0. The zero-order chi connectivity index (χ0) is 15.1. The van der Waals surface area contributed by atoms with Crippen molar-refractivity contribution in [2.45, 2.75) is 18.9 Å². The van der Waals surface area contributed by atoms with Crippen molar-refractivity contribution in [1.29, 1.82) is 5.26 Å². The van der Waals surface area contributed by atoms with E-state index >= 15 is 0 Å². The maximum atomic E-state index is 11.7. The highest BCUT2D eigenvalue weighted by Crippen LogP contribution is 2.28. The van der Waals surface area contributed by atoms with E-state index in [4.69, 9.17) is 15.9 Å². The Morgan fingerprint density at radius 2 is 2.05 bits per heavy atom. The second-order valence-electron chi connectivity index (χ2n) is 4.16. The number of hydrogen-bond acceptors (Lipinski definition) is 4. The molecule has 0 unspecified atom stereocenters. The van der Waals surface area contributed by atoms with E-state index in [9.17, 15) is 8.42 Å². The van der Waals surface area contributed by atoms with Gasteiger partial charge in [-0.1, -0.05) is 15.9 Å². The second-order valence-corrected chi connectivity index (χ2v) is 7.55. The van der Waals surface area contributed by atoms with E-state index in [0.29, 0.717) is 11.4 Å². The van der Waals surface area contributed by atoms with Crippen molar-refractivity contribution in [3.63, 3.8) is 0 Å². The third-order valence-corrected chi connectivity index (χ3v) is 4.52. The zero-order valence-corrected chi connectivity index (χ0v) is 13.7. The van der Waals surface area contributed by atoms with Crippen LogP contribution in [-0.4, -0.2) is 18.2 Å². The molecule has 8 heteroatoms. The first-order valence-electron chi connectivity index (χ1n) is 5.46. The maximum Gasteiger partial charge on any atom is 0.280 e. The number of halogens is 2. The molecule has 0 bridgehead atoms. The molecule has 0 radical (unpaired) electrons. The topological polar surface area (TPSA) is 75.8 Å². The first kappa shape index (κ1) is 15.0. The van der Waals surface area contributed by atoms with Gasteiger partial charge < -0.3 is 0 Å². The summed E-state index contributed by atoms with van der Waals surface area (Å²) in [7, 11) is 1.35. The molecule has 104 valence electrons. The highest BCUT2D eigenvalue weighted by molar-refractivity contribution is 9.10. The number of nitrogens with zero attached hydrogens (tertiary/aromatic N) is 3. The van der Waals surface area contributed by atoms with Gasteiger partial charge in [-0.05, 0) is 37.6 Å². The lowest BCUT2D eigenvalue weighted by Crippen LogP contribution is -2.07. The van der Waals surface area contributed by atoms with Crippen LogP contribution in [-0.2, 0) is 9.05 Å². The van der Waals surface area contributed by atoms with E-state index in [1.807, 2.05) is 19.1 Å². The van der Waals surface area contributed by atoms with Gasteiger partial charge in [0.15, 0.2) is 5.03 Å². The monoisotopic (exact) mass is 373 g/mol. The molecule has 0 saturated carbocycles. The minimum atomic E-state index is -4.09. The SMILES string of the molecule is Cc1cc(Br)ccc1-n1nc(C)c(C#N)c1S(=O)(=O)Cl. The molecule has 0 saturated heterocycles. The lowest BCUT2D eigenvalue weighted by molar-refractivity contribution is 0.599. The van der Waals surface area contributed by atoms with Gasteiger partial charge in [-0.3, -0.25) is 0 Å². The van der Waals surface area contributed by atoms with Crippen molar-refractivity contribution >= 4 is 35.7 Å². The number of benzene rings is 1. The van der Waals surface area contributed by atoms with Crippen LogP contribution in [0.4, 0.5) is 0 Å². The molecule has 0 N–H and O–H groups in total. The summed E-state index contributed by atoms with van der Waals surface area (Å²) in [6, 6.07) is 7.12. The third-order valence-electron chi connectivity index (χ3n) is 2.75. The van der Waals surface area contributed by atoms with Crippen LogP contribution in [0.25, 0.3) is 5.69 Å². The molecule has 1 aromatic heterocycles. The molecule has 0 atom stereocenters. The van der Waals surface area contributed by atoms with Gasteiger partial charge in [0, 0.05) is 15.2 Å². The lowest BCUT2D eigenvalue weighted by atomic mass is 10.2. The third kappa shape index (κ3) is 2.59.